The van der Waals surface area contributed by atoms with Crippen LogP contribution in [0.4, 0.5) is 11.6 Å². The quantitative estimate of drug-likeness (QED) is 0.720. The molecule has 0 fully saturated rings. The van der Waals surface area contributed by atoms with Crippen LogP contribution in [0.1, 0.15) is 5.56 Å². The van der Waals surface area contributed by atoms with Crippen molar-refractivity contribution >= 4 is 11.6 Å². The number of tetrazole rings is 1. The summed E-state index contributed by atoms with van der Waals surface area (Å²) < 4.78 is 0. The molecule has 1 aromatic carbocycles. The van der Waals surface area contributed by atoms with Crippen molar-refractivity contribution in [1.29, 1.82) is 0 Å². The van der Waals surface area contributed by atoms with Crippen LogP contribution in [0.2, 0.25) is 0 Å². The molecule has 0 atom stereocenters. The van der Waals surface area contributed by atoms with Gasteiger partial charge in [0.15, 0.2) is 0 Å². The molecule has 2 N–H and O–H groups in total. The molecule has 1 aromatic heterocycles. The second-order valence-corrected chi connectivity index (χ2v) is 2.69. The molecule has 1 heterocycles. The van der Waals surface area contributed by atoms with Crippen molar-refractivity contribution in [1.82, 2.24) is 20.6 Å². The van der Waals surface area contributed by atoms with Crippen molar-refractivity contribution < 1.29 is 0 Å². The van der Waals surface area contributed by atoms with Crippen LogP contribution in [0.25, 0.3) is 0 Å². The minimum absolute atomic E-state index is 0.550. The Morgan fingerprint density at radius 1 is 1.31 bits per heavy atom. The van der Waals surface area contributed by atoms with Crippen LogP contribution in [0.3, 0.4) is 0 Å². The molecule has 0 saturated carbocycles. The number of aromatic amines is 1. The number of benzene rings is 1. The number of anilines is 2. The van der Waals surface area contributed by atoms with Gasteiger partial charge in [-0.05, 0) is 29.0 Å². The summed E-state index contributed by atoms with van der Waals surface area (Å²) in [7, 11) is 0. The second-order valence-electron chi connectivity index (χ2n) is 2.69. The molecule has 5 heteroatoms. The molecule has 0 amide bonds. The number of nitrogens with one attached hydrogen (secondary N) is 2. The van der Waals surface area contributed by atoms with Crippen LogP contribution in [0.5, 0.6) is 0 Å². The number of hydrogen-bond donors (Lipinski definition) is 2. The maximum Gasteiger partial charge on any atom is 0.244 e. The van der Waals surface area contributed by atoms with E-state index in [4.69, 9.17) is 0 Å². The van der Waals surface area contributed by atoms with E-state index in [1.54, 1.807) is 0 Å². The fourth-order valence-electron chi connectivity index (χ4n) is 1.05. The summed E-state index contributed by atoms with van der Waals surface area (Å²) in [5, 5.41) is 16.3. The normalized spacial score (nSPS) is 9.92. The van der Waals surface area contributed by atoms with Crippen LogP contribution in [0.15, 0.2) is 24.3 Å². The van der Waals surface area contributed by atoms with Gasteiger partial charge < -0.3 is 5.32 Å². The van der Waals surface area contributed by atoms with E-state index in [1.165, 1.54) is 0 Å². The highest BCUT2D eigenvalue weighted by Gasteiger charge is 1.99. The van der Waals surface area contributed by atoms with Gasteiger partial charge in [-0.1, -0.05) is 23.3 Å². The maximum atomic E-state index is 3.72. The van der Waals surface area contributed by atoms with Gasteiger partial charge in [-0.15, -0.1) is 0 Å². The van der Waals surface area contributed by atoms with E-state index in [2.05, 4.69) is 25.9 Å². The number of para-hydroxylation sites is 1. The second kappa shape index (κ2) is 3.22. The largest absolute Gasteiger partial charge is 0.323 e. The SMILES string of the molecule is Cc1ccccc1Nc1nnn[nH]1. The van der Waals surface area contributed by atoms with Gasteiger partial charge in [0.05, 0.1) is 0 Å². The highest BCUT2D eigenvalue weighted by atomic mass is 15.5. The summed E-state index contributed by atoms with van der Waals surface area (Å²) in [5.74, 6) is 0.550. The van der Waals surface area contributed by atoms with Crippen molar-refractivity contribution in [2.75, 3.05) is 5.32 Å². The highest BCUT2D eigenvalue weighted by molar-refractivity contribution is 5.57. The fourth-order valence-corrected chi connectivity index (χ4v) is 1.05. The van der Waals surface area contributed by atoms with Crippen molar-refractivity contribution in [2.45, 2.75) is 6.92 Å². The minimum atomic E-state index is 0.550. The van der Waals surface area contributed by atoms with Gasteiger partial charge in [-0.3, -0.25) is 0 Å². The Labute approximate surface area is 75.2 Å². The molecule has 0 bridgehead atoms. The van der Waals surface area contributed by atoms with Crippen LogP contribution < -0.4 is 5.32 Å². The molecule has 0 aliphatic heterocycles. The number of aryl methyl sites for hydroxylation is 1. The zero-order valence-electron chi connectivity index (χ0n) is 7.15. The average molecular weight is 175 g/mol. The number of rotatable bonds is 2. The summed E-state index contributed by atoms with van der Waals surface area (Å²) in [4.78, 5) is 0. The van der Waals surface area contributed by atoms with Crippen molar-refractivity contribution in [2.24, 2.45) is 0 Å². The smallest absolute Gasteiger partial charge is 0.244 e. The molecule has 5 nitrogen and oxygen atoms in total. The van der Waals surface area contributed by atoms with Crippen molar-refractivity contribution in [3.05, 3.63) is 29.8 Å². The third-order valence-corrected chi connectivity index (χ3v) is 1.74. The Morgan fingerprint density at radius 3 is 2.85 bits per heavy atom. The zero-order chi connectivity index (χ0) is 9.10. The topological polar surface area (TPSA) is 66.5 Å². The van der Waals surface area contributed by atoms with E-state index in [9.17, 15) is 0 Å². The van der Waals surface area contributed by atoms with Crippen molar-refractivity contribution in [3.63, 3.8) is 0 Å². The Hall–Kier alpha value is -1.91. The number of nitrogens with zero attached hydrogens (tertiary/aromatic N) is 3. The van der Waals surface area contributed by atoms with E-state index in [0.717, 1.165) is 11.3 Å². The molecule has 66 valence electrons. The molecule has 0 unspecified atom stereocenters. The summed E-state index contributed by atoms with van der Waals surface area (Å²) in [5.41, 5.74) is 2.15. The predicted octanol–water partition coefficient (Wildman–Crippen LogP) is 1.25. The first-order valence-corrected chi connectivity index (χ1v) is 3.92. The fraction of sp³-hybridized carbons (Fsp3) is 0.125. The molecular formula is C8H9N5. The Kier molecular flexibility index (Phi) is 1.91. The molecule has 0 aliphatic rings. The van der Waals surface area contributed by atoms with Crippen LogP contribution in [-0.4, -0.2) is 20.6 Å². The first kappa shape index (κ1) is 7.72. The molecule has 0 radical (unpaired) electrons. The molecule has 0 saturated heterocycles. The van der Waals surface area contributed by atoms with Crippen molar-refractivity contribution in [3.8, 4) is 0 Å². The molecular weight excluding hydrogens is 166 g/mol. The summed E-state index contributed by atoms with van der Waals surface area (Å²) in [6.45, 7) is 2.02. The van der Waals surface area contributed by atoms with Gasteiger partial charge in [0.1, 0.15) is 0 Å². The lowest BCUT2D eigenvalue weighted by Gasteiger charge is -2.04. The molecule has 0 spiro atoms. The lowest BCUT2D eigenvalue weighted by Crippen LogP contribution is -1.94. The summed E-state index contributed by atoms with van der Waals surface area (Å²) >= 11 is 0. The van der Waals surface area contributed by atoms with Crippen LogP contribution >= 0.6 is 0 Å². The van der Waals surface area contributed by atoms with E-state index in [0.29, 0.717) is 5.95 Å². The van der Waals surface area contributed by atoms with Gasteiger partial charge in [-0.2, -0.15) is 0 Å². The van der Waals surface area contributed by atoms with Gasteiger partial charge in [0.25, 0.3) is 0 Å². The Balaban J connectivity index is 2.24. The summed E-state index contributed by atoms with van der Waals surface area (Å²) in [6.07, 6.45) is 0. The summed E-state index contributed by atoms with van der Waals surface area (Å²) in [6, 6.07) is 7.93. The van der Waals surface area contributed by atoms with E-state index >= 15 is 0 Å². The predicted molar refractivity (Wildman–Crippen MR) is 48.6 cm³/mol. The molecule has 2 aromatic rings. The van der Waals surface area contributed by atoms with E-state index in [1.807, 2.05) is 31.2 Å². The standard InChI is InChI=1S/C8H9N5/c1-6-4-2-3-5-7(6)9-8-10-12-13-11-8/h2-5H,1H3,(H2,9,10,11,12,13). The Morgan fingerprint density at radius 2 is 2.15 bits per heavy atom. The Bertz CT molecular complexity index is 381. The molecule has 2 rings (SSSR count). The zero-order valence-corrected chi connectivity index (χ0v) is 7.15. The minimum Gasteiger partial charge on any atom is -0.323 e. The van der Waals surface area contributed by atoms with E-state index < -0.39 is 0 Å². The van der Waals surface area contributed by atoms with Gasteiger partial charge in [0, 0.05) is 5.69 Å². The number of aromatic nitrogens is 4. The van der Waals surface area contributed by atoms with Gasteiger partial charge in [-0.25, -0.2) is 5.10 Å². The average Bonchev–Trinajstić information content (AvgIpc) is 2.61. The van der Waals surface area contributed by atoms with E-state index in [-0.39, 0.29) is 0 Å². The third kappa shape index (κ3) is 1.64. The lowest BCUT2D eigenvalue weighted by atomic mass is 10.2. The monoisotopic (exact) mass is 175 g/mol. The third-order valence-electron chi connectivity index (χ3n) is 1.74. The number of hydrogen-bond acceptors (Lipinski definition) is 4. The lowest BCUT2D eigenvalue weighted by molar-refractivity contribution is 0.881. The first-order valence-electron chi connectivity index (χ1n) is 3.92. The highest BCUT2D eigenvalue weighted by Crippen LogP contribution is 2.15. The maximum absolute atomic E-state index is 3.72. The number of H-pyrrole nitrogens is 1. The first-order chi connectivity index (χ1) is 6.36. The molecule has 0 aliphatic carbocycles. The van der Waals surface area contributed by atoms with Crippen LogP contribution in [-0.2, 0) is 0 Å². The van der Waals surface area contributed by atoms with Gasteiger partial charge >= 0.3 is 0 Å². The van der Waals surface area contributed by atoms with Crippen LogP contribution in [0, 0.1) is 6.92 Å². The van der Waals surface area contributed by atoms with Gasteiger partial charge in [0.2, 0.25) is 5.95 Å². The molecule has 13 heavy (non-hydrogen) atoms.